The number of H-pyrrole nitrogens is 1. The van der Waals surface area contributed by atoms with Gasteiger partial charge in [0.25, 0.3) is 0 Å². The van der Waals surface area contributed by atoms with Gasteiger partial charge in [0.05, 0.1) is 0 Å². The van der Waals surface area contributed by atoms with Crippen LogP contribution in [0.15, 0.2) is 11.5 Å². The van der Waals surface area contributed by atoms with Crippen molar-refractivity contribution in [3.63, 3.8) is 0 Å². The van der Waals surface area contributed by atoms with Gasteiger partial charge in [-0.15, -0.1) is 0 Å². The maximum absolute atomic E-state index is 4.20. The maximum atomic E-state index is 4.20. The summed E-state index contributed by atoms with van der Waals surface area (Å²) in [6, 6.07) is 0.609. The Morgan fingerprint density at radius 1 is 1.56 bits per heavy atom. The van der Waals surface area contributed by atoms with E-state index in [-0.39, 0.29) is 0 Å². The first-order chi connectivity index (χ1) is 7.83. The summed E-state index contributed by atoms with van der Waals surface area (Å²) in [4.78, 5) is 4.20. The van der Waals surface area contributed by atoms with E-state index in [1.165, 1.54) is 25.7 Å². The molecule has 1 aliphatic carbocycles. The van der Waals surface area contributed by atoms with Gasteiger partial charge in [0.2, 0.25) is 0 Å². The lowest BCUT2D eigenvalue weighted by molar-refractivity contribution is 0.304. The van der Waals surface area contributed by atoms with Crippen molar-refractivity contribution in [2.75, 3.05) is 7.05 Å². The molecule has 1 saturated carbocycles. The minimum Gasteiger partial charge on any atom is -0.316 e. The number of thioether (sulfide) groups is 1. The molecule has 1 aromatic heterocycles. The molecule has 3 atom stereocenters. The van der Waals surface area contributed by atoms with Gasteiger partial charge >= 0.3 is 0 Å². The quantitative estimate of drug-likeness (QED) is 0.846. The number of hydrogen-bond acceptors (Lipinski definition) is 4. The lowest BCUT2D eigenvalue weighted by Gasteiger charge is -2.34. The fourth-order valence-electron chi connectivity index (χ4n) is 2.44. The van der Waals surface area contributed by atoms with Crippen LogP contribution >= 0.6 is 11.8 Å². The molecule has 0 aliphatic heterocycles. The summed E-state index contributed by atoms with van der Waals surface area (Å²) < 4.78 is 0. The van der Waals surface area contributed by atoms with Crippen molar-refractivity contribution >= 4 is 11.8 Å². The van der Waals surface area contributed by atoms with Crippen LogP contribution in [0.5, 0.6) is 0 Å². The minimum atomic E-state index is 0.609. The Bertz CT molecular complexity index is 301. The Labute approximate surface area is 101 Å². The molecule has 3 unspecified atom stereocenters. The average molecular weight is 240 g/mol. The van der Waals surface area contributed by atoms with Gasteiger partial charge in [-0.25, -0.2) is 4.98 Å². The summed E-state index contributed by atoms with van der Waals surface area (Å²) >= 11 is 1.83. The molecule has 2 rings (SSSR count). The first-order valence-electron chi connectivity index (χ1n) is 6.02. The van der Waals surface area contributed by atoms with Gasteiger partial charge in [0, 0.05) is 11.3 Å². The van der Waals surface area contributed by atoms with Gasteiger partial charge in [-0.3, -0.25) is 5.10 Å². The lowest BCUT2D eigenvalue weighted by Crippen LogP contribution is -2.40. The Hall–Kier alpha value is -0.550. The largest absolute Gasteiger partial charge is 0.316 e. The standard InChI is InChI=1S/C11H20N4S/c1-3-8-4-5-9(12-2)10(6-8)16-11-13-7-14-15-11/h7-10,12H,3-6H2,1-2H3,(H,13,14,15). The summed E-state index contributed by atoms with van der Waals surface area (Å²) in [6.07, 6.45) is 6.80. The third kappa shape index (κ3) is 2.77. The molecule has 1 heterocycles. The predicted octanol–water partition coefficient (Wildman–Crippen LogP) is 2.06. The normalized spacial score (nSPS) is 30.5. The molecule has 0 saturated heterocycles. The highest BCUT2D eigenvalue weighted by Gasteiger charge is 2.30. The molecule has 0 bridgehead atoms. The van der Waals surface area contributed by atoms with E-state index in [4.69, 9.17) is 0 Å². The molecular formula is C11H20N4S. The Morgan fingerprint density at radius 3 is 3.06 bits per heavy atom. The van der Waals surface area contributed by atoms with Crippen molar-refractivity contribution in [3.05, 3.63) is 6.33 Å². The molecule has 0 radical (unpaired) electrons. The number of rotatable bonds is 4. The first-order valence-corrected chi connectivity index (χ1v) is 6.90. The second kappa shape index (κ2) is 5.68. The molecule has 2 N–H and O–H groups in total. The highest BCUT2D eigenvalue weighted by atomic mass is 32.2. The van der Waals surface area contributed by atoms with E-state index in [0.29, 0.717) is 11.3 Å². The highest BCUT2D eigenvalue weighted by molar-refractivity contribution is 7.99. The highest BCUT2D eigenvalue weighted by Crippen LogP contribution is 2.36. The summed E-state index contributed by atoms with van der Waals surface area (Å²) in [6.45, 7) is 2.29. The van der Waals surface area contributed by atoms with E-state index in [9.17, 15) is 0 Å². The lowest BCUT2D eigenvalue weighted by atomic mass is 9.84. The number of aromatic nitrogens is 3. The summed E-state index contributed by atoms with van der Waals surface area (Å²) in [5.74, 6) is 0.880. The second-order valence-electron chi connectivity index (χ2n) is 4.43. The smallest absolute Gasteiger partial charge is 0.183 e. The number of nitrogens with one attached hydrogen (secondary N) is 2. The molecule has 1 aromatic rings. The van der Waals surface area contributed by atoms with E-state index in [2.05, 4.69) is 34.5 Å². The molecular weight excluding hydrogens is 220 g/mol. The van der Waals surface area contributed by atoms with Crippen LogP contribution in [0.4, 0.5) is 0 Å². The number of aromatic amines is 1. The van der Waals surface area contributed by atoms with Crippen LogP contribution in [0.2, 0.25) is 0 Å². The van der Waals surface area contributed by atoms with E-state index < -0.39 is 0 Å². The van der Waals surface area contributed by atoms with Crippen LogP contribution < -0.4 is 5.32 Å². The Morgan fingerprint density at radius 2 is 2.44 bits per heavy atom. The number of hydrogen-bond donors (Lipinski definition) is 2. The van der Waals surface area contributed by atoms with Crippen molar-refractivity contribution in [1.29, 1.82) is 0 Å². The van der Waals surface area contributed by atoms with Gasteiger partial charge in [-0.1, -0.05) is 25.1 Å². The number of nitrogens with zero attached hydrogens (tertiary/aromatic N) is 2. The molecule has 1 fully saturated rings. The van der Waals surface area contributed by atoms with E-state index in [0.717, 1.165) is 11.1 Å². The van der Waals surface area contributed by atoms with Gasteiger partial charge < -0.3 is 5.32 Å². The summed E-state index contributed by atoms with van der Waals surface area (Å²) in [5, 5.41) is 11.8. The molecule has 1 aliphatic rings. The van der Waals surface area contributed by atoms with E-state index in [1.807, 2.05) is 11.8 Å². The monoisotopic (exact) mass is 240 g/mol. The fourth-order valence-corrected chi connectivity index (χ4v) is 3.74. The zero-order valence-electron chi connectivity index (χ0n) is 9.94. The van der Waals surface area contributed by atoms with Crippen molar-refractivity contribution in [3.8, 4) is 0 Å². The molecule has 4 nitrogen and oxygen atoms in total. The van der Waals surface area contributed by atoms with Crippen LogP contribution in [0.25, 0.3) is 0 Å². The third-order valence-electron chi connectivity index (χ3n) is 3.50. The Kier molecular flexibility index (Phi) is 4.23. The van der Waals surface area contributed by atoms with Gasteiger partial charge in [-0.2, -0.15) is 5.10 Å². The summed E-state index contributed by atoms with van der Waals surface area (Å²) in [7, 11) is 2.06. The van der Waals surface area contributed by atoms with E-state index in [1.54, 1.807) is 6.33 Å². The van der Waals surface area contributed by atoms with Crippen molar-refractivity contribution in [2.24, 2.45) is 5.92 Å². The molecule has 16 heavy (non-hydrogen) atoms. The zero-order chi connectivity index (χ0) is 11.4. The minimum absolute atomic E-state index is 0.609. The topological polar surface area (TPSA) is 53.6 Å². The van der Waals surface area contributed by atoms with Crippen LogP contribution in [-0.2, 0) is 0 Å². The molecule has 0 aromatic carbocycles. The van der Waals surface area contributed by atoms with Crippen molar-refractivity contribution in [1.82, 2.24) is 20.5 Å². The predicted molar refractivity (Wildman–Crippen MR) is 66.5 cm³/mol. The zero-order valence-corrected chi connectivity index (χ0v) is 10.8. The summed E-state index contributed by atoms with van der Waals surface area (Å²) in [5.41, 5.74) is 0. The van der Waals surface area contributed by atoms with Crippen molar-refractivity contribution in [2.45, 2.75) is 49.1 Å². The molecule has 5 heteroatoms. The van der Waals surface area contributed by atoms with Crippen LogP contribution in [0.3, 0.4) is 0 Å². The maximum Gasteiger partial charge on any atom is 0.183 e. The second-order valence-corrected chi connectivity index (χ2v) is 5.66. The van der Waals surface area contributed by atoms with Gasteiger partial charge in [-0.05, 0) is 32.2 Å². The molecule has 90 valence electrons. The van der Waals surface area contributed by atoms with Gasteiger partial charge in [0.1, 0.15) is 6.33 Å². The average Bonchev–Trinajstić information content (AvgIpc) is 2.82. The fraction of sp³-hybridized carbons (Fsp3) is 0.818. The SMILES string of the molecule is CCC1CCC(NC)C(Sc2ncn[nH]2)C1. The van der Waals surface area contributed by atoms with Crippen LogP contribution in [0.1, 0.15) is 32.6 Å². The molecule has 0 spiro atoms. The van der Waals surface area contributed by atoms with Crippen LogP contribution in [0, 0.1) is 5.92 Å². The van der Waals surface area contributed by atoms with E-state index >= 15 is 0 Å². The van der Waals surface area contributed by atoms with Crippen molar-refractivity contribution < 1.29 is 0 Å². The van der Waals surface area contributed by atoms with Crippen LogP contribution in [-0.4, -0.2) is 33.5 Å². The first kappa shape index (κ1) is 11.9. The van der Waals surface area contributed by atoms with Gasteiger partial charge in [0.15, 0.2) is 5.16 Å². The molecule has 0 amide bonds. The Balaban J connectivity index is 1.97. The third-order valence-corrected chi connectivity index (χ3v) is 4.75.